The van der Waals surface area contributed by atoms with Crippen LogP contribution in [0.25, 0.3) is 10.9 Å². The molecule has 3 aromatic rings. The van der Waals surface area contributed by atoms with E-state index < -0.39 is 23.8 Å². The van der Waals surface area contributed by atoms with Crippen LogP contribution in [-0.4, -0.2) is 43.4 Å². The molecule has 3 N–H and O–H groups in total. The van der Waals surface area contributed by atoms with E-state index >= 15 is 0 Å². The van der Waals surface area contributed by atoms with E-state index in [1.54, 1.807) is 30.5 Å². The summed E-state index contributed by atoms with van der Waals surface area (Å²) >= 11 is 0. The Morgan fingerprint density at radius 2 is 1.88 bits per heavy atom. The van der Waals surface area contributed by atoms with Gasteiger partial charge in [0.25, 0.3) is 0 Å². The molecule has 0 spiro atoms. The van der Waals surface area contributed by atoms with E-state index in [4.69, 9.17) is 4.84 Å². The van der Waals surface area contributed by atoms with Gasteiger partial charge in [0.2, 0.25) is 11.8 Å². The quantitative estimate of drug-likeness (QED) is 0.644. The van der Waals surface area contributed by atoms with Gasteiger partial charge in [-0.1, -0.05) is 0 Å². The van der Waals surface area contributed by atoms with Crippen LogP contribution in [-0.2, 0) is 4.79 Å². The molecule has 126 valence electrons. The monoisotopic (exact) mass is 340 g/mol. The number of hydrogen-bond donors (Lipinski definition) is 3. The Labute approximate surface area is 140 Å². The van der Waals surface area contributed by atoms with Gasteiger partial charge in [-0.3, -0.25) is 15.2 Å². The minimum Gasteiger partial charge on any atom is -0.492 e. The third kappa shape index (κ3) is 2.34. The molecule has 2 aromatic heterocycles. The molecule has 1 aliphatic rings. The van der Waals surface area contributed by atoms with Crippen LogP contribution in [0.3, 0.4) is 0 Å². The molecule has 0 bridgehead atoms. The molecule has 3 heterocycles. The summed E-state index contributed by atoms with van der Waals surface area (Å²) in [6.45, 7) is 0. The highest BCUT2D eigenvalue weighted by atomic mass is 16.7. The van der Waals surface area contributed by atoms with Gasteiger partial charge in [0, 0.05) is 29.9 Å². The maximum atomic E-state index is 12.3. The predicted molar refractivity (Wildman–Crippen MR) is 87.3 cm³/mol. The number of rotatable bonds is 2. The van der Waals surface area contributed by atoms with Crippen molar-refractivity contribution in [3.8, 4) is 11.8 Å². The zero-order valence-corrected chi connectivity index (χ0v) is 12.6. The Kier molecular flexibility index (Phi) is 3.29. The highest BCUT2D eigenvalue weighted by Gasteiger charge is 2.32. The summed E-state index contributed by atoms with van der Waals surface area (Å²) < 4.78 is 0.545. The van der Waals surface area contributed by atoms with E-state index in [-0.39, 0.29) is 0 Å². The van der Waals surface area contributed by atoms with Crippen molar-refractivity contribution in [2.45, 2.75) is 6.04 Å². The van der Waals surface area contributed by atoms with E-state index in [1.807, 2.05) is 0 Å². The second-order valence-electron chi connectivity index (χ2n) is 5.33. The Morgan fingerprint density at radius 3 is 2.64 bits per heavy atom. The van der Waals surface area contributed by atoms with E-state index in [2.05, 4.69) is 9.98 Å². The maximum absolute atomic E-state index is 12.3. The number of anilines is 1. The van der Waals surface area contributed by atoms with E-state index in [0.717, 1.165) is 17.5 Å². The average molecular weight is 340 g/mol. The number of hydroxylamine groups is 1. The number of aromatic hydroxyl groups is 2. The van der Waals surface area contributed by atoms with Crippen LogP contribution in [0.15, 0.2) is 47.6 Å². The van der Waals surface area contributed by atoms with Crippen molar-refractivity contribution < 1.29 is 25.1 Å². The first-order chi connectivity index (χ1) is 12.1. The molecular weight excluding hydrogens is 328 g/mol. The van der Waals surface area contributed by atoms with Crippen molar-refractivity contribution >= 4 is 34.5 Å². The molecule has 0 saturated carbocycles. The van der Waals surface area contributed by atoms with Crippen LogP contribution in [0, 0.1) is 0 Å². The van der Waals surface area contributed by atoms with Crippen molar-refractivity contribution in [3.63, 3.8) is 0 Å². The van der Waals surface area contributed by atoms with Crippen LogP contribution >= 0.6 is 0 Å². The summed E-state index contributed by atoms with van der Waals surface area (Å²) in [6, 6.07) is 7.91. The van der Waals surface area contributed by atoms with Crippen molar-refractivity contribution in [3.05, 3.63) is 42.6 Å². The third-order valence-corrected chi connectivity index (χ3v) is 3.81. The molecule has 9 nitrogen and oxygen atoms in total. The lowest BCUT2D eigenvalue weighted by molar-refractivity contribution is -0.146. The molecule has 0 saturated heterocycles. The first-order valence-electron chi connectivity index (χ1n) is 7.28. The van der Waals surface area contributed by atoms with Crippen LogP contribution in [0.5, 0.6) is 11.8 Å². The third-order valence-electron chi connectivity index (χ3n) is 3.81. The summed E-state index contributed by atoms with van der Waals surface area (Å²) in [4.78, 5) is 25.6. The Balaban J connectivity index is 1.68. The lowest BCUT2D eigenvalue weighted by Crippen LogP contribution is -2.45. The molecular formula is C16H12N4O5. The van der Waals surface area contributed by atoms with Gasteiger partial charge in [-0.25, -0.2) is 9.86 Å². The minimum atomic E-state index is -1.25. The van der Waals surface area contributed by atoms with Gasteiger partial charge in [-0.2, -0.15) is 0 Å². The lowest BCUT2D eigenvalue weighted by atomic mass is 10.1. The first-order valence-corrected chi connectivity index (χ1v) is 7.28. The molecule has 4 rings (SSSR count). The SMILES string of the molecule is O=C(On1c(O)ccc1O)C1C=Nc2c(ccc3ncccc23)N1O. The number of aromatic nitrogens is 2. The smallest absolute Gasteiger partial charge is 0.363 e. The van der Waals surface area contributed by atoms with Gasteiger partial charge in [0.15, 0.2) is 6.04 Å². The number of pyridine rings is 1. The summed E-state index contributed by atoms with van der Waals surface area (Å²) in [7, 11) is 0. The molecule has 1 atom stereocenters. The van der Waals surface area contributed by atoms with Crippen LogP contribution in [0.1, 0.15) is 0 Å². The van der Waals surface area contributed by atoms with Crippen molar-refractivity contribution in [1.82, 2.24) is 9.71 Å². The number of fused-ring (bicyclic) bond motifs is 3. The Hall–Kier alpha value is -3.59. The summed E-state index contributed by atoms with van der Waals surface area (Å²) in [5.41, 5.74) is 1.49. The predicted octanol–water partition coefficient (Wildman–Crippen LogP) is 1.38. The standard InChI is InChI=1S/C16H12N4O5/c21-13-5-6-14(22)20(13)25-16(23)12-8-18-15-9-2-1-7-17-10(9)3-4-11(15)19(12)24/h1-8,12,21-22,24H. The lowest BCUT2D eigenvalue weighted by Gasteiger charge is -2.27. The normalized spacial score (nSPS) is 16.0. The van der Waals surface area contributed by atoms with E-state index in [9.17, 15) is 20.2 Å². The highest BCUT2D eigenvalue weighted by Crippen LogP contribution is 2.38. The van der Waals surface area contributed by atoms with Gasteiger partial charge >= 0.3 is 5.97 Å². The second kappa shape index (κ2) is 5.49. The van der Waals surface area contributed by atoms with Crippen molar-refractivity contribution in [2.24, 2.45) is 4.99 Å². The number of aliphatic imine (C=N–C) groups is 1. The van der Waals surface area contributed by atoms with Crippen molar-refractivity contribution in [1.29, 1.82) is 0 Å². The molecule has 25 heavy (non-hydrogen) atoms. The topological polar surface area (TPSA) is 120 Å². The summed E-state index contributed by atoms with van der Waals surface area (Å²) in [5.74, 6) is -1.86. The highest BCUT2D eigenvalue weighted by molar-refractivity contribution is 6.06. The molecule has 9 heteroatoms. The summed E-state index contributed by atoms with van der Waals surface area (Å²) in [5, 5.41) is 30.9. The fraction of sp³-hybridized carbons (Fsp3) is 0.0625. The van der Waals surface area contributed by atoms with Crippen LogP contribution in [0.2, 0.25) is 0 Å². The van der Waals surface area contributed by atoms with Crippen LogP contribution < -0.4 is 9.90 Å². The number of hydrogen-bond acceptors (Lipinski definition) is 8. The molecule has 0 radical (unpaired) electrons. The van der Waals surface area contributed by atoms with Gasteiger partial charge in [-0.15, -0.1) is 4.73 Å². The molecule has 1 aromatic carbocycles. The zero-order valence-electron chi connectivity index (χ0n) is 12.6. The van der Waals surface area contributed by atoms with E-state index in [1.165, 1.54) is 6.21 Å². The first kappa shape index (κ1) is 15.0. The fourth-order valence-electron chi connectivity index (χ4n) is 2.60. The number of carbonyl (C=O) groups excluding carboxylic acids is 1. The van der Waals surface area contributed by atoms with Gasteiger partial charge < -0.3 is 15.1 Å². The largest absolute Gasteiger partial charge is 0.492 e. The average Bonchev–Trinajstić information content (AvgIpc) is 2.93. The number of carbonyl (C=O) groups is 1. The second-order valence-corrected chi connectivity index (χ2v) is 5.33. The molecule has 0 fully saturated rings. The van der Waals surface area contributed by atoms with Crippen LogP contribution in [0.4, 0.5) is 11.4 Å². The van der Waals surface area contributed by atoms with E-state index in [0.29, 0.717) is 26.7 Å². The minimum absolute atomic E-state index is 0.311. The molecule has 0 aliphatic carbocycles. The molecule has 1 aliphatic heterocycles. The zero-order chi connectivity index (χ0) is 17.6. The maximum Gasteiger partial charge on any atom is 0.363 e. The van der Waals surface area contributed by atoms with Gasteiger partial charge in [0.05, 0.1) is 16.9 Å². The molecule has 1 unspecified atom stereocenters. The number of nitrogens with zero attached hydrogens (tertiary/aromatic N) is 4. The fourth-order valence-corrected chi connectivity index (χ4v) is 2.60. The summed E-state index contributed by atoms with van der Waals surface area (Å²) in [6.07, 6.45) is 2.86. The molecule has 0 amide bonds. The van der Waals surface area contributed by atoms with Gasteiger partial charge in [-0.05, 0) is 24.3 Å². The number of benzene rings is 1. The Morgan fingerprint density at radius 1 is 1.12 bits per heavy atom. The van der Waals surface area contributed by atoms with Gasteiger partial charge in [0.1, 0.15) is 0 Å². The van der Waals surface area contributed by atoms with Crippen molar-refractivity contribution in [2.75, 3.05) is 5.06 Å². The Bertz CT molecular complexity index is 993.